The lowest BCUT2D eigenvalue weighted by Gasteiger charge is -2.20. The fraction of sp³-hybridized carbons (Fsp3) is 0.455. The minimum atomic E-state index is -0.250. The summed E-state index contributed by atoms with van der Waals surface area (Å²) in [4.78, 5) is 1.00. The molecule has 0 aliphatic carbocycles. The van der Waals surface area contributed by atoms with Gasteiger partial charge in [-0.3, -0.25) is 0 Å². The number of hydrogen-bond acceptors (Lipinski definition) is 3. The highest BCUT2D eigenvalue weighted by Gasteiger charge is 2.16. The molecular formula is C11H15FO2S. The van der Waals surface area contributed by atoms with Gasteiger partial charge in [0.1, 0.15) is 5.82 Å². The van der Waals surface area contributed by atoms with Crippen LogP contribution in [0.3, 0.4) is 0 Å². The molecule has 0 aliphatic rings. The Morgan fingerprint density at radius 3 is 2.13 bits per heavy atom. The highest BCUT2D eigenvalue weighted by molar-refractivity contribution is 8.00. The molecule has 0 N–H and O–H groups in total. The molecule has 0 saturated carbocycles. The zero-order valence-corrected chi connectivity index (χ0v) is 9.88. The number of benzene rings is 1. The summed E-state index contributed by atoms with van der Waals surface area (Å²) in [7, 11) is 3.21. The van der Waals surface area contributed by atoms with Crippen molar-refractivity contribution in [3.8, 4) is 0 Å². The Bertz CT molecular complexity index is 285. The van der Waals surface area contributed by atoms with Crippen molar-refractivity contribution in [1.82, 2.24) is 0 Å². The third-order valence-electron chi connectivity index (χ3n) is 1.98. The Kier molecular flexibility index (Phi) is 5.08. The number of rotatable bonds is 5. The second-order valence-corrected chi connectivity index (χ2v) is 4.57. The first kappa shape index (κ1) is 12.5. The van der Waals surface area contributed by atoms with Gasteiger partial charge in [0.05, 0.1) is 5.25 Å². The maximum Gasteiger partial charge on any atom is 0.168 e. The SMILES string of the molecule is COC(OC)C(C)Sc1ccc(F)cc1. The van der Waals surface area contributed by atoms with Gasteiger partial charge < -0.3 is 9.47 Å². The van der Waals surface area contributed by atoms with Gasteiger partial charge in [-0.1, -0.05) is 0 Å². The van der Waals surface area contributed by atoms with Gasteiger partial charge in [0.2, 0.25) is 0 Å². The first-order valence-corrected chi connectivity index (χ1v) is 5.53. The van der Waals surface area contributed by atoms with Crippen LogP contribution in [0, 0.1) is 5.82 Å². The molecule has 0 heterocycles. The van der Waals surface area contributed by atoms with Crippen LogP contribution in [0.2, 0.25) is 0 Å². The molecule has 1 unspecified atom stereocenters. The largest absolute Gasteiger partial charge is 0.355 e. The van der Waals surface area contributed by atoms with E-state index >= 15 is 0 Å². The zero-order valence-electron chi connectivity index (χ0n) is 9.07. The van der Waals surface area contributed by atoms with Gasteiger partial charge in [-0.25, -0.2) is 4.39 Å². The van der Waals surface area contributed by atoms with E-state index in [0.29, 0.717) is 0 Å². The first-order chi connectivity index (χ1) is 7.17. The van der Waals surface area contributed by atoms with E-state index < -0.39 is 0 Å². The van der Waals surface area contributed by atoms with Crippen LogP contribution in [0.5, 0.6) is 0 Å². The topological polar surface area (TPSA) is 18.5 Å². The standard InChI is InChI=1S/C11H15FO2S/c1-8(11(13-2)14-3)15-10-6-4-9(12)5-7-10/h4-8,11H,1-3H3. The van der Waals surface area contributed by atoms with Crippen LogP contribution in [0.4, 0.5) is 4.39 Å². The lowest BCUT2D eigenvalue weighted by Crippen LogP contribution is -2.24. The number of halogens is 1. The number of methoxy groups -OCH3 is 2. The van der Waals surface area contributed by atoms with Crippen molar-refractivity contribution in [3.63, 3.8) is 0 Å². The first-order valence-electron chi connectivity index (χ1n) is 4.65. The van der Waals surface area contributed by atoms with E-state index in [0.717, 1.165) is 4.90 Å². The summed E-state index contributed by atoms with van der Waals surface area (Å²) in [6.45, 7) is 2.01. The van der Waals surface area contributed by atoms with Gasteiger partial charge >= 0.3 is 0 Å². The summed E-state index contributed by atoms with van der Waals surface area (Å²) in [5, 5.41) is 0.158. The summed E-state index contributed by atoms with van der Waals surface area (Å²) in [5.41, 5.74) is 0. The molecule has 0 aromatic heterocycles. The summed E-state index contributed by atoms with van der Waals surface area (Å²) in [5.74, 6) is -0.220. The maximum atomic E-state index is 12.7. The predicted molar refractivity (Wildman–Crippen MR) is 59.5 cm³/mol. The third-order valence-corrected chi connectivity index (χ3v) is 3.12. The predicted octanol–water partition coefficient (Wildman–Crippen LogP) is 2.93. The molecule has 15 heavy (non-hydrogen) atoms. The monoisotopic (exact) mass is 230 g/mol. The van der Waals surface area contributed by atoms with Crippen molar-refractivity contribution in [2.45, 2.75) is 23.4 Å². The van der Waals surface area contributed by atoms with Gasteiger partial charge in [-0.15, -0.1) is 11.8 Å². The van der Waals surface area contributed by atoms with Crippen molar-refractivity contribution < 1.29 is 13.9 Å². The van der Waals surface area contributed by atoms with E-state index in [4.69, 9.17) is 9.47 Å². The molecule has 0 aliphatic heterocycles. The van der Waals surface area contributed by atoms with Crippen LogP contribution >= 0.6 is 11.8 Å². The molecule has 0 radical (unpaired) electrons. The molecule has 0 fully saturated rings. The Morgan fingerprint density at radius 1 is 1.13 bits per heavy atom. The molecule has 1 aromatic carbocycles. The molecule has 1 atom stereocenters. The van der Waals surface area contributed by atoms with Crippen LogP contribution in [-0.2, 0) is 9.47 Å². The molecule has 0 saturated heterocycles. The van der Waals surface area contributed by atoms with Crippen LogP contribution in [0.15, 0.2) is 29.2 Å². The minimum absolute atomic E-state index is 0.158. The summed E-state index contributed by atoms with van der Waals surface area (Å²) < 4.78 is 22.9. The average molecular weight is 230 g/mol. The van der Waals surface area contributed by atoms with Crippen molar-refractivity contribution in [2.75, 3.05) is 14.2 Å². The Labute approximate surface area is 93.8 Å². The van der Waals surface area contributed by atoms with Crippen LogP contribution < -0.4 is 0 Å². The van der Waals surface area contributed by atoms with Crippen LogP contribution in [-0.4, -0.2) is 25.8 Å². The van der Waals surface area contributed by atoms with Crippen LogP contribution in [0.25, 0.3) is 0 Å². The fourth-order valence-corrected chi connectivity index (χ4v) is 2.32. The van der Waals surface area contributed by atoms with E-state index in [1.165, 1.54) is 12.1 Å². The van der Waals surface area contributed by atoms with Crippen LogP contribution in [0.1, 0.15) is 6.92 Å². The summed E-state index contributed by atoms with van der Waals surface area (Å²) in [6.07, 6.45) is -0.250. The quantitative estimate of drug-likeness (QED) is 0.572. The summed E-state index contributed by atoms with van der Waals surface area (Å²) >= 11 is 1.59. The number of hydrogen-bond donors (Lipinski definition) is 0. The summed E-state index contributed by atoms with van der Waals surface area (Å²) in [6, 6.07) is 6.39. The molecule has 0 spiro atoms. The van der Waals surface area contributed by atoms with Gasteiger partial charge in [0, 0.05) is 19.1 Å². The lowest BCUT2D eigenvalue weighted by molar-refractivity contribution is -0.0988. The molecule has 1 rings (SSSR count). The Morgan fingerprint density at radius 2 is 1.67 bits per heavy atom. The van der Waals surface area contributed by atoms with E-state index in [1.54, 1.807) is 38.1 Å². The van der Waals surface area contributed by atoms with Gasteiger partial charge in [0.15, 0.2) is 6.29 Å². The second-order valence-electron chi connectivity index (χ2n) is 3.12. The second kappa shape index (κ2) is 6.10. The van der Waals surface area contributed by atoms with Gasteiger partial charge in [0.25, 0.3) is 0 Å². The number of ether oxygens (including phenoxy) is 2. The number of thioether (sulfide) groups is 1. The molecular weight excluding hydrogens is 215 g/mol. The van der Waals surface area contributed by atoms with Crippen molar-refractivity contribution in [3.05, 3.63) is 30.1 Å². The lowest BCUT2D eigenvalue weighted by atomic mass is 10.3. The molecule has 84 valence electrons. The zero-order chi connectivity index (χ0) is 11.3. The highest BCUT2D eigenvalue weighted by atomic mass is 32.2. The average Bonchev–Trinajstić information content (AvgIpc) is 2.23. The van der Waals surface area contributed by atoms with E-state index in [2.05, 4.69) is 0 Å². The van der Waals surface area contributed by atoms with Crippen molar-refractivity contribution in [2.24, 2.45) is 0 Å². The maximum absolute atomic E-state index is 12.7. The Hall–Kier alpha value is -0.580. The minimum Gasteiger partial charge on any atom is -0.355 e. The Balaban J connectivity index is 2.57. The molecule has 0 amide bonds. The fourth-order valence-electron chi connectivity index (χ4n) is 1.26. The van der Waals surface area contributed by atoms with E-state index in [-0.39, 0.29) is 17.4 Å². The molecule has 4 heteroatoms. The van der Waals surface area contributed by atoms with Crippen molar-refractivity contribution in [1.29, 1.82) is 0 Å². The molecule has 0 bridgehead atoms. The van der Waals surface area contributed by atoms with E-state index in [1.807, 2.05) is 6.92 Å². The smallest absolute Gasteiger partial charge is 0.168 e. The normalized spacial score (nSPS) is 13.1. The molecule has 2 nitrogen and oxygen atoms in total. The van der Waals surface area contributed by atoms with Gasteiger partial charge in [-0.05, 0) is 31.2 Å². The van der Waals surface area contributed by atoms with Crippen molar-refractivity contribution >= 4 is 11.8 Å². The van der Waals surface area contributed by atoms with Gasteiger partial charge in [-0.2, -0.15) is 0 Å². The highest BCUT2D eigenvalue weighted by Crippen LogP contribution is 2.26. The third kappa shape index (κ3) is 3.81. The molecule has 1 aromatic rings. The van der Waals surface area contributed by atoms with E-state index in [9.17, 15) is 4.39 Å².